The van der Waals surface area contributed by atoms with E-state index < -0.39 is 0 Å². The van der Waals surface area contributed by atoms with Gasteiger partial charge in [-0.2, -0.15) is 0 Å². The second-order valence-corrected chi connectivity index (χ2v) is 6.25. The number of carbonyl (C=O) groups is 1. The number of hydrogen-bond acceptors (Lipinski definition) is 2. The van der Waals surface area contributed by atoms with Gasteiger partial charge in [0.25, 0.3) is 0 Å². The fraction of sp³-hybridized carbons (Fsp3) is 0.533. The van der Waals surface area contributed by atoms with E-state index in [0.717, 1.165) is 12.0 Å². The van der Waals surface area contributed by atoms with Gasteiger partial charge in [0.1, 0.15) is 11.6 Å². The van der Waals surface area contributed by atoms with Crippen molar-refractivity contribution in [2.45, 2.75) is 33.1 Å². The van der Waals surface area contributed by atoms with Gasteiger partial charge in [0, 0.05) is 12.8 Å². The monoisotopic (exact) mass is 329 g/mol. The van der Waals surface area contributed by atoms with Crippen LogP contribution in [-0.4, -0.2) is 12.3 Å². The number of benzene rings is 1. The van der Waals surface area contributed by atoms with Crippen molar-refractivity contribution in [2.24, 2.45) is 17.6 Å². The van der Waals surface area contributed by atoms with Crippen LogP contribution in [0.15, 0.2) is 22.7 Å². The summed E-state index contributed by atoms with van der Waals surface area (Å²) in [5.74, 6) is 0.642. The summed E-state index contributed by atoms with van der Waals surface area (Å²) in [5.41, 5.74) is 6.53. The molecule has 0 aliphatic carbocycles. The first-order chi connectivity index (χ1) is 8.92. The first-order valence-electron chi connectivity index (χ1n) is 6.58. The Morgan fingerprint density at radius 1 is 1.42 bits per heavy atom. The Hall–Kier alpha value is -0.740. The third kappa shape index (κ3) is 5.83. The van der Waals surface area contributed by atoms with Gasteiger partial charge in [-0.05, 0) is 58.4 Å². The van der Waals surface area contributed by atoms with Crippen LogP contribution in [0.25, 0.3) is 0 Å². The van der Waals surface area contributed by atoms with E-state index in [1.165, 1.54) is 6.07 Å². The number of nitrogens with two attached hydrogens (primary N) is 1. The van der Waals surface area contributed by atoms with Crippen LogP contribution in [0.5, 0.6) is 0 Å². The van der Waals surface area contributed by atoms with Gasteiger partial charge >= 0.3 is 0 Å². The van der Waals surface area contributed by atoms with E-state index in [1.54, 1.807) is 12.1 Å². The molecule has 0 radical (unpaired) electrons. The molecule has 0 aliphatic heterocycles. The molecular formula is C15H21BrFNO. The molecule has 1 unspecified atom stereocenters. The van der Waals surface area contributed by atoms with Crippen LogP contribution < -0.4 is 5.73 Å². The first-order valence-corrected chi connectivity index (χ1v) is 7.37. The third-order valence-corrected chi connectivity index (χ3v) is 3.65. The molecule has 19 heavy (non-hydrogen) atoms. The average Bonchev–Trinajstić information content (AvgIpc) is 2.32. The highest BCUT2D eigenvalue weighted by Crippen LogP contribution is 2.19. The Labute approximate surface area is 122 Å². The Morgan fingerprint density at radius 3 is 2.63 bits per heavy atom. The van der Waals surface area contributed by atoms with E-state index in [0.29, 0.717) is 29.8 Å². The molecule has 0 spiro atoms. The van der Waals surface area contributed by atoms with Crippen LogP contribution in [0.4, 0.5) is 4.39 Å². The summed E-state index contributed by atoms with van der Waals surface area (Å²) in [7, 11) is 0. The van der Waals surface area contributed by atoms with Crippen LogP contribution in [0.2, 0.25) is 0 Å². The Morgan fingerprint density at radius 2 is 2.11 bits per heavy atom. The summed E-state index contributed by atoms with van der Waals surface area (Å²) >= 11 is 3.13. The van der Waals surface area contributed by atoms with Crippen molar-refractivity contribution in [1.29, 1.82) is 0 Å². The van der Waals surface area contributed by atoms with Crippen molar-refractivity contribution in [3.05, 3.63) is 34.1 Å². The third-order valence-electron chi connectivity index (χ3n) is 3.04. The Balaban J connectivity index is 2.56. The van der Waals surface area contributed by atoms with Crippen LogP contribution in [-0.2, 0) is 11.2 Å². The van der Waals surface area contributed by atoms with Gasteiger partial charge in [0.15, 0.2) is 0 Å². The van der Waals surface area contributed by atoms with E-state index >= 15 is 0 Å². The average molecular weight is 330 g/mol. The maximum absolute atomic E-state index is 13.1. The van der Waals surface area contributed by atoms with Crippen LogP contribution in [0.3, 0.4) is 0 Å². The number of rotatable bonds is 7. The zero-order valence-corrected chi connectivity index (χ0v) is 13.0. The van der Waals surface area contributed by atoms with Crippen molar-refractivity contribution in [2.75, 3.05) is 6.54 Å². The number of ketones is 1. The summed E-state index contributed by atoms with van der Waals surface area (Å²) in [6, 6.07) is 4.69. The second-order valence-electron chi connectivity index (χ2n) is 5.40. The second kappa shape index (κ2) is 7.75. The molecule has 0 aromatic heterocycles. The van der Waals surface area contributed by atoms with Crippen LogP contribution in [0, 0.1) is 17.7 Å². The number of carbonyl (C=O) groups excluding carboxylic acids is 1. The summed E-state index contributed by atoms with van der Waals surface area (Å²) in [5, 5.41) is 0. The van der Waals surface area contributed by atoms with Gasteiger partial charge in [0.05, 0.1) is 4.47 Å². The summed E-state index contributed by atoms with van der Waals surface area (Å²) < 4.78 is 13.5. The molecule has 0 saturated carbocycles. The van der Waals surface area contributed by atoms with Crippen LogP contribution in [0.1, 0.15) is 32.3 Å². The standard InChI is InChI=1S/C15H21BrFNO/c1-10(2)5-12(9-18)7-13(19)6-11-3-4-15(17)14(16)8-11/h3-4,8,10,12H,5-7,9,18H2,1-2H3. The lowest BCUT2D eigenvalue weighted by molar-refractivity contribution is -0.119. The van der Waals surface area contributed by atoms with Gasteiger partial charge in [0.2, 0.25) is 0 Å². The van der Waals surface area contributed by atoms with Crippen molar-refractivity contribution < 1.29 is 9.18 Å². The van der Waals surface area contributed by atoms with E-state index in [2.05, 4.69) is 29.8 Å². The highest BCUT2D eigenvalue weighted by atomic mass is 79.9. The van der Waals surface area contributed by atoms with E-state index in [1.807, 2.05) is 0 Å². The summed E-state index contributed by atoms with van der Waals surface area (Å²) in [4.78, 5) is 12.0. The lowest BCUT2D eigenvalue weighted by atomic mass is 9.91. The quantitative estimate of drug-likeness (QED) is 0.828. The smallest absolute Gasteiger partial charge is 0.137 e. The fourth-order valence-electron chi connectivity index (χ4n) is 2.20. The van der Waals surface area contributed by atoms with Gasteiger partial charge in [-0.15, -0.1) is 0 Å². The molecule has 106 valence electrons. The van der Waals surface area contributed by atoms with Gasteiger partial charge < -0.3 is 5.73 Å². The number of hydrogen-bond donors (Lipinski definition) is 1. The van der Waals surface area contributed by atoms with E-state index in [9.17, 15) is 9.18 Å². The fourth-order valence-corrected chi connectivity index (χ4v) is 2.63. The largest absolute Gasteiger partial charge is 0.330 e. The molecule has 0 aliphatic rings. The van der Waals surface area contributed by atoms with E-state index in [-0.39, 0.29) is 17.5 Å². The molecule has 2 N–H and O–H groups in total. The van der Waals surface area contributed by atoms with Gasteiger partial charge in [-0.25, -0.2) is 4.39 Å². The molecule has 1 rings (SSSR count). The van der Waals surface area contributed by atoms with Gasteiger partial charge in [-0.3, -0.25) is 4.79 Å². The molecule has 0 heterocycles. The number of halogens is 2. The minimum Gasteiger partial charge on any atom is -0.330 e. The Bertz CT molecular complexity index is 434. The van der Waals surface area contributed by atoms with Gasteiger partial charge in [-0.1, -0.05) is 19.9 Å². The molecule has 1 atom stereocenters. The lowest BCUT2D eigenvalue weighted by Crippen LogP contribution is -2.20. The molecule has 0 saturated heterocycles. The molecular weight excluding hydrogens is 309 g/mol. The zero-order valence-electron chi connectivity index (χ0n) is 11.5. The maximum atomic E-state index is 13.1. The molecule has 2 nitrogen and oxygen atoms in total. The predicted molar refractivity (Wildman–Crippen MR) is 79.4 cm³/mol. The minimum atomic E-state index is -0.309. The Kier molecular flexibility index (Phi) is 6.66. The highest BCUT2D eigenvalue weighted by Gasteiger charge is 2.14. The first kappa shape index (κ1) is 16.3. The van der Waals surface area contributed by atoms with Crippen LogP contribution >= 0.6 is 15.9 Å². The summed E-state index contributed by atoms with van der Waals surface area (Å²) in [6.07, 6.45) is 1.81. The summed E-state index contributed by atoms with van der Waals surface area (Å²) in [6.45, 7) is 4.80. The van der Waals surface area contributed by atoms with Crippen molar-refractivity contribution in [1.82, 2.24) is 0 Å². The van der Waals surface area contributed by atoms with Crippen molar-refractivity contribution >= 4 is 21.7 Å². The normalized spacial score (nSPS) is 12.7. The molecule has 1 aromatic carbocycles. The van der Waals surface area contributed by atoms with Crippen molar-refractivity contribution in [3.8, 4) is 0 Å². The minimum absolute atomic E-state index is 0.162. The molecule has 0 amide bonds. The topological polar surface area (TPSA) is 43.1 Å². The molecule has 0 bridgehead atoms. The molecule has 0 fully saturated rings. The number of Topliss-reactive ketones (excluding diaryl/α,β-unsaturated/α-hetero) is 1. The predicted octanol–water partition coefficient (Wildman–Crippen LogP) is 3.71. The maximum Gasteiger partial charge on any atom is 0.137 e. The molecule has 1 aromatic rings. The SMILES string of the molecule is CC(C)CC(CN)CC(=O)Cc1ccc(F)c(Br)c1. The molecule has 4 heteroatoms. The van der Waals surface area contributed by atoms with E-state index in [4.69, 9.17) is 5.73 Å². The van der Waals surface area contributed by atoms with Crippen molar-refractivity contribution in [3.63, 3.8) is 0 Å². The zero-order chi connectivity index (χ0) is 14.4. The lowest BCUT2D eigenvalue weighted by Gasteiger charge is -2.16. The highest BCUT2D eigenvalue weighted by molar-refractivity contribution is 9.10.